The van der Waals surface area contributed by atoms with Crippen molar-refractivity contribution in [1.29, 1.82) is 0 Å². The highest BCUT2D eigenvalue weighted by atomic mass is 35.5. The van der Waals surface area contributed by atoms with Crippen molar-refractivity contribution >= 4 is 34.7 Å². The van der Waals surface area contributed by atoms with E-state index in [0.717, 1.165) is 6.08 Å². The molecule has 0 spiro atoms. The third-order valence-corrected chi connectivity index (χ3v) is 2.52. The van der Waals surface area contributed by atoms with Crippen LogP contribution in [0.1, 0.15) is 18.9 Å². The van der Waals surface area contributed by atoms with Crippen molar-refractivity contribution in [3.05, 3.63) is 39.9 Å². The maximum atomic E-state index is 10.6. The van der Waals surface area contributed by atoms with Crippen molar-refractivity contribution in [3.63, 3.8) is 0 Å². The molecule has 0 aromatic heterocycles. The molecule has 1 aromatic rings. The van der Waals surface area contributed by atoms with E-state index in [4.69, 9.17) is 28.3 Å². The molecule has 0 aliphatic rings. The number of rotatable bonds is 3. The standard InChI is InChI=1S/C11H10Cl2O2/c1-2-7(5-11(14)15)9-6-8(12)3-4-10(9)13/h3-6H,2H2,1H3,(H,14,15)/b7-5+. The van der Waals surface area contributed by atoms with Crippen molar-refractivity contribution in [2.24, 2.45) is 0 Å². The normalized spacial score (nSPS) is 11.5. The summed E-state index contributed by atoms with van der Waals surface area (Å²) in [6.07, 6.45) is 1.74. The van der Waals surface area contributed by atoms with Gasteiger partial charge in [0.25, 0.3) is 0 Å². The Morgan fingerprint density at radius 1 is 1.47 bits per heavy atom. The Hall–Kier alpha value is -0.990. The number of benzene rings is 1. The summed E-state index contributed by atoms with van der Waals surface area (Å²) < 4.78 is 0. The van der Waals surface area contributed by atoms with E-state index in [1.807, 2.05) is 6.92 Å². The summed E-state index contributed by atoms with van der Waals surface area (Å²) in [7, 11) is 0. The van der Waals surface area contributed by atoms with Crippen LogP contribution in [0.2, 0.25) is 10.0 Å². The van der Waals surface area contributed by atoms with E-state index < -0.39 is 5.97 Å². The van der Waals surface area contributed by atoms with Crippen LogP contribution in [0.4, 0.5) is 0 Å². The molecule has 0 heterocycles. The summed E-state index contributed by atoms with van der Waals surface area (Å²) in [5.74, 6) is -0.983. The summed E-state index contributed by atoms with van der Waals surface area (Å²) in [6.45, 7) is 1.87. The molecule has 4 heteroatoms. The van der Waals surface area contributed by atoms with Gasteiger partial charge in [-0.15, -0.1) is 0 Å². The number of aliphatic carboxylic acids is 1. The van der Waals surface area contributed by atoms with E-state index in [0.29, 0.717) is 27.6 Å². The van der Waals surface area contributed by atoms with Gasteiger partial charge >= 0.3 is 5.97 Å². The van der Waals surface area contributed by atoms with Gasteiger partial charge in [-0.05, 0) is 35.8 Å². The monoisotopic (exact) mass is 244 g/mol. The summed E-state index contributed by atoms with van der Waals surface area (Å²) in [5, 5.41) is 9.73. The quantitative estimate of drug-likeness (QED) is 0.820. The fraction of sp³-hybridized carbons (Fsp3) is 0.182. The molecule has 0 radical (unpaired) electrons. The van der Waals surface area contributed by atoms with E-state index in [2.05, 4.69) is 0 Å². The fourth-order valence-electron chi connectivity index (χ4n) is 1.26. The Morgan fingerprint density at radius 3 is 2.67 bits per heavy atom. The zero-order chi connectivity index (χ0) is 11.4. The molecule has 80 valence electrons. The second kappa shape index (κ2) is 5.19. The number of hydrogen-bond acceptors (Lipinski definition) is 1. The average Bonchev–Trinajstić information content (AvgIpc) is 2.18. The predicted molar refractivity (Wildman–Crippen MR) is 62.4 cm³/mol. The first-order valence-electron chi connectivity index (χ1n) is 4.43. The van der Waals surface area contributed by atoms with Crippen LogP contribution in [0.15, 0.2) is 24.3 Å². The molecule has 1 rings (SSSR count). The number of carboxylic acid groups (broad SMARTS) is 1. The van der Waals surface area contributed by atoms with Crippen LogP contribution in [0.3, 0.4) is 0 Å². The summed E-state index contributed by atoms with van der Waals surface area (Å²) >= 11 is 11.8. The molecule has 0 atom stereocenters. The highest BCUT2D eigenvalue weighted by molar-refractivity contribution is 6.34. The Balaban J connectivity index is 3.23. The largest absolute Gasteiger partial charge is 0.478 e. The molecule has 2 nitrogen and oxygen atoms in total. The second-order valence-electron chi connectivity index (χ2n) is 2.99. The maximum Gasteiger partial charge on any atom is 0.328 e. The minimum absolute atomic E-state index is 0.508. The van der Waals surface area contributed by atoms with Gasteiger partial charge in [-0.2, -0.15) is 0 Å². The molecule has 1 aromatic carbocycles. The lowest BCUT2D eigenvalue weighted by atomic mass is 10.0. The van der Waals surface area contributed by atoms with Crippen LogP contribution in [0, 0.1) is 0 Å². The van der Waals surface area contributed by atoms with Crippen molar-refractivity contribution < 1.29 is 9.90 Å². The summed E-state index contributed by atoms with van der Waals surface area (Å²) in [5.41, 5.74) is 1.34. The van der Waals surface area contributed by atoms with Crippen LogP contribution >= 0.6 is 23.2 Å². The highest BCUT2D eigenvalue weighted by Gasteiger charge is 2.07. The Morgan fingerprint density at radius 2 is 2.13 bits per heavy atom. The number of carboxylic acids is 1. The van der Waals surface area contributed by atoms with Crippen LogP contribution in [0.25, 0.3) is 5.57 Å². The Labute approximate surface area is 98.1 Å². The van der Waals surface area contributed by atoms with Crippen LogP contribution in [-0.4, -0.2) is 11.1 Å². The molecule has 15 heavy (non-hydrogen) atoms. The smallest absolute Gasteiger partial charge is 0.328 e. The molecular weight excluding hydrogens is 235 g/mol. The topological polar surface area (TPSA) is 37.3 Å². The number of allylic oxidation sites excluding steroid dienone is 1. The van der Waals surface area contributed by atoms with Gasteiger partial charge in [0.05, 0.1) is 0 Å². The number of halogens is 2. The first-order valence-corrected chi connectivity index (χ1v) is 5.19. The van der Waals surface area contributed by atoms with Gasteiger partial charge in [-0.1, -0.05) is 30.1 Å². The molecule has 0 amide bonds. The SMILES string of the molecule is CC/C(=C\C(=O)O)c1cc(Cl)ccc1Cl. The third kappa shape index (κ3) is 3.26. The molecular formula is C11H10Cl2O2. The molecule has 0 fully saturated rings. The molecule has 0 saturated heterocycles. The number of hydrogen-bond donors (Lipinski definition) is 1. The van der Waals surface area contributed by atoms with Crippen molar-refractivity contribution in [1.82, 2.24) is 0 Å². The molecule has 0 saturated carbocycles. The van der Waals surface area contributed by atoms with E-state index in [1.165, 1.54) is 0 Å². The first-order chi connectivity index (χ1) is 7.04. The Bertz CT molecular complexity index is 411. The van der Waals surface area contributed by atoms with E-state index >= 15 is 0 Å². The minimum atomic E-state index is -0.983. The van der Waals surface area contributed by atoms with E-state index in [-0.39, 0.29) is 0 Å². The molecule has 0 aliphatic heterocycles. The van der Waals surface area contributed by atoms with Gasteiger partial charge in [-0.3, -0.25) is 0 Å². The summed E-state index contributed by atoms with van der Waals surface area (Å²) in [4.78, 5) is 10.6. The van der Waals surface area contributed by atoms with E-state index in [1.54, 1.807) is 18.2 Å². The Kier molecular flexibility index (Phi) is 4.18. The maximum absolute atomic E-state index is 10.6. The van der Waals surface area contributed by atoms with Gasteiger partial charge in [-0.25, -0.2) is 4.79 Å². The van der Waals surface area contributed by atoms with Gasteiger partial charge in [0.1, 0.15) is 0 Å². The van der Waals surface area contributed by atoms with Gasteiger partial charge in [0.15, 0.2) is 0 Å². The fourth-order valence-corrected chi connectivity index (χ4v) is 1.67. The van der Waals surface area contributed by atoms with Crippen molar-refractivity contribution in [2.45, 2.75) is 13.3 Å². The molecule has 1 N–H and O–H groups in total. The first kappa shape index (κ1) is 12.1. The number of carbonyl (C=O) groups is 1. The van der Waals surface area contributed by atoms with Crippen molar-refractivity contribution in [2.75, 3.05) is 0 Å². The van der Waals surface area contributed by atoms with E-state index in [9.17, 15) is 4.79 Å². The summed E-state index contributed by atoms with van der Waals surface area (Å²) in [6, 6.07) is 4.99. The van der Waals surface area contributed by atoms with Gasteiger partial charge in [0.2, 0.25) is 0 Å². The van der Waals surface area contributed by atoms with Crippen LogP contribution in [0.5, 0.6) is 0 Å². The third-order valence-electron chi connectivity index (χ3n) is 1.95. The van der Waals surface area contributed by atoms with Gasteiger partial charge in [0, 0.05) is 16.1 Å². The van der Waals surface area contributed by atoms with Gasteiger partial charge < -0.3 is 5.11 Å². The minimum Gasteiger partial charge on any atom is -0.478 e. The second-order valence-corrected chi connectivity index (χ2v) is 3.83. The van der Waals surface area contributed by atoms with Crippen LogP contribution < -0.4 is 0 Å². The zero-order valence-electron chi connectivity index (χ0n) is 8.13. The molecule has 0 bridgehead atoms. The zero-order valence-corrected chi connectivity index (χ0v) is 9.64. The van der Waals surface area contributed by atoms with Crippen molar-refractivity contribution in [3.8, 4) is 0 Å². The lowest BCUT2D eigenvalue weighted by molar-refractivity contribution is -0.131. The lowest BCUT2D eigenvalue weighted by Crippen LogP contribution is -1.92. The highest BCUT2D eigenvalue weighted by Crippen LogP contribution is 2.28. The average molecular weight is 245 g/mol. The lowest BCUT2D eigenvalue weighted by Gasteiger charge is -2.06. The molecule has 0 aliphatic carbocycles. The van der Waals surface area contributed by atoms with Crippen LogP contribution in [-0.2, 0) is 4.79 Å². The molecule has 0 unspecified atom stereocenters. The predicted octanol–water partition coefficient (Wildman–Crippen LogP) is 3.87.